The third-order valence-corrected chi connectivity index (χ3v) is 7.45. The molecule has 0 saturated carbocycles. The molecule has 0 aliphatic carbocycles. The first-order chi connectivity index (χ1) is 15.5. The Labute approximate surface area is 203 Å². The molecule has 3 aromatic rings. The first-order valence-electron chi connectivity index (χ1n) is 10.7. The van der Waals surface area contributed by atoms with E-state index in [9.17, 15) is 14.7 Å². The third kappa shape index (κ3) is 4.00. The van der Waals surface area contributed by atoms with E-state index in [0.29, 0.717) is 21.8 Å². The van der Waals surface area contributed by atoms with Gasteiger partial charge in [0.05, 0.1) is 5.57 Å². The monoisotopic (exact) mass is 479 g/mol. The van der Waals surface area contributed by atoms with E-state index >= 15 is 0 Å². The maximum atomic E-state index is 13.4. The average Bonchev–Trinajstić information content (AvgIpc) is 3.36. The van der Waals surface area contributed by atoms with E-state index in [2.05, 4.69) is 20.8 Å². The molecule has 0 bridgehead atoms. The SMILES string of the molecule is Cc1ccc(C(C)(C)C)cc1/C(O)=C1\C(=O)C(=O)N(c2cccc(Cl)c2C)C1c1cccs1. The maximum absolute atomic E-state index is 13.4. The number of ketones is 1. The Morgan fingerprint density at radius 1 is 1.06 bits per heavy atom. The summed E-state index contributed by atoms with van der Waals surface area (Å²) < 4.78 is 0. The molecule has 1 amide bonds. The van der Waals surface area contributed by atoms with Crippen molar-refractivity contribution in [3.8, 4) is 0 Å². The number of hydrogen-bond donors (Lipinski definition) is 1. The van der Waals surface area contributed by atoms with E-state index in [0.717, 1.165) is 16.0 Å². The molecule has 0 spiro atoms. The van der Waals surface area contributed by atoms with Gasteiger partial charge in [0.25, 0.3) is 11.7 Å². The van der Waals surface area contributed by atoms with Gasteiger partial charge in [-0.15, -0.1) is 11.3 Å². The van der Waals surface area contributed by atoms with Crippen LogP contribution in [0.2, 0.25) is 5.02 Å². The van der Waals surface area contributed by atoms with Gasteiger partial charge < -0.3 is 5.11 Å². The number of aryl methyl sites for hydroxylation is 1. The highest BCUT2D eigenvalue weighted by Crippen LogP contribution is 2.45. The summed E-state index contributed by atoms with van der Waals surface area (Å²) in [5.41, 5.74) is 3.63. The molecule has 1 atom stereocenters. The second-order valence-electron chi connectivity index (χ2n) is 9.35. The van der Waals surface area contributed by atoms with Crippen LogP contribution >= 0.6 is 22.9 Å². The minimum Gasteiger partial charge on any atom is -0.507 e. The molecule has 1 fully saturated rings. The molecule has 33 heavy (non-hydrogen) atoms. The van der Waals surface area contributed by atoms with Crippen LogP contribution in [0.3, 0.4) is 0 Å². The Bertz CT molecular complexity index is 1290. The lowest BCUT2D eigenvalue weighted by Gasteiger charge is -2.26. The molecule has 1 unspecified atom stereocenters. The molecular weight excluding hydrogens is 454 g/mol. The molecule has 1 N–H and O–H groups in total. The van der Waals surface area contributed by atoms with Gasteiger partial charge in [-0.1, -0.05) is 56.6 Å². The van der Waals surface area contributed by atoms with Crippen LogP contribution in [0.25, 0.3) is 5.76 Å². The van der Waals surface area contributed by atoms with Gasteiger partial charge >= 0.3 is 0 Å². The normalized spacial score (nSPS) is 18.2. The maximum Gasteiger partial charge on any atom is 0.300 e. The van der Waals surface area contributed by atoms with Gasteiger partial charge in [-0.05, 0) is 65.6 Å². The highest BCUT2D eigenvalue weighted by molar-refractivity contribution is 7.10. The van der Waals surface area contributed by atoms with Crippen LogP contribution < -0.4 is 4.90 Å². The second-order valence-corrected chi connectivity index (χ2v) is 10.7. The molecule has 1 saturated heterocycles. The van der Waals surface area contributed by atoms with Gasteiger partial charge in [0.1, 0.15) is 11.8 Å². The van der Waals surface area contributed by atoms with Gasteiger partial charge in [-0.25, -0.2) is 0 Å². The number of amides is 1. The molecule has 1 aromatic heterocycles. The minimum absolute atomic E-state index is 0.0935. The molecule has 1 aliphatic rings. The van der Waals surface area contributed by atoms with Crippen LogP contribution in [-0.4, -0.2) is 16.8 Å². The van der Waals surface area contributed by atoms with Crippen molar-refractivity contribution in [2.75, 3.05) is 4.90 Å². The zero-order valence-corrected chi connectivity index (χ0v) is 20.8. The van der Waals surface area contributed by atoms with Gasteiger partial charge in [0, 0.05) is 21.2 Å². The van der Waals surface area contributed by atoms with Gasteiger partial charge in [-0.3, -0.25) is 14.5 Å². The number of Topliss-reactive ketones (excluding diaryl/α,β-unsaturated/α-hetero) is 1. The lowest BCUT2D eigenvalue weighted by atomic mass is 9.84. The van der Waals surface area contributed by atoms with E-state index < -0.39 is 17.7 Å². The molecule has 2 aromatic carbocycles. The van der Waals surface area contributed by atoms with Gasteiger partial charge in [0.15, 0.2) is 0 Å². The van der Waals surface area contributed by atoms with Crippen LogP contribution in [0.5, 0.6) is 0 Å². The van der Waals surface area contributed by atoms with Crippen molar-refractivity contribution in [1.29, 1.82) is 0 Å². The fourth-order valence-electron chi connectivity index (χ4n) is 4.14. The van der Waals surface area contributed by atoms with Gasteiger partial charge in [0.2, 0.25) is 0 Å². The fraction of sp³-hybridized carbons (Fsp3) is 0.259. The first kappa shape index (κ1) is 23.3. The van der Waals surface area contributed by atoms with Crippen LogP contribution in [-0.2, 0) is 15.0 Å². The number of aliphatic hydroxyl groups excluding tert-OH is 1. The summed E-state index contributed by atoms with van der Waals surface area (Å²) in [7, 11) is 0. The first-order valence-corrected chi connectivity index (χ1v) is 12.0. The molecule has 6 heteroatoms. The number of carbonyl (C=O) groups is 2. The summed E-state index contributed by atoms with van der Waals surface area (Å²) in [4.78, 5) is 28.9. The summed E-state index contributed by atoms with van der Waals surface area (Å²) >= 11 is 7.78. The number of hydrogen-bond acceptors (Lipinski definition) is 4. The van der Waals surface area contributed by atoms with E-state index in [1.165, 1.54) is 16.2 Å². The van der Waals surface area contributed by atoms with Crippen molar-refractivity contribution in [2.45, 2.75) is 46.1 Å². The Balaban J connectivity index is 1.98. The fourth-order valence-corrected chi connectivity index (χ4v) is 5.14. The molecule has 1 aliphatic heterocycles. The van der Waals surface area contributed by atoms with Crippen molar-refractivity contribution < 1.29 is 14.7 Å². The number of thiophene rings is 1. The summed E-state index contributed by atoms with van der Waals surface area (Å²) in [5, 5.41) is 13.9. The molecule has 0 radical (unpaired) electrons. The molecule has 170 valence electrons. The second kappa shape index (κ2) is 8.47. The molecule has 2 heterocycles. The number of rotatable bonds is 3. The largest absolute Gasteiger partial charge is 0.507 e. The molecular formula is C27H26ClNO3S. The standard InChI is InChI=1S/C27H26ClNO3S/c1-15-11-12-17(27(3,4)5)14-18(15)24(30)22-23(21-10-7-13-33-21)29(26(32)25(22)31)20-9-6-8-19(28)16(20)2/h6-14,23,30H,1-5H3/b24-22+. The number of anilines is 1. The Hall–Kier alpha value is -2.89. The average molecular weight is 480 g/mol. The predicted octanol–water partition coefficient (Wildman–Crippen LogP) is 6.94. The smallest absolute Gasteiger partial charge is 0.300 e. The van der Waals surface area contributed by atoms with Crippen molar-refractivity contribution in [2.24, 2.45) is 0 Å². The number of halogens is 1. The summed E-state index contributed by atoms with van der Waals surface area (Å²) in [5.74, 6) is -1.53. The zero-order chi connectivity index (χ0) is 24.1. The number of carbonyl (C=O) groups excluding carboxylic acids is 2. The number of aliphatic hydroxyl groups is 1. The van der Waals surface area contributed by atoms with Crippen molar-refractivity contribution in [1.82, 2.24) is 0 Å². The van der Waals surface area contributed by atoms with Crippen LogP contribution in [0.1, 0.15) is 53.9 Å². The third-order valence-electron chi connectivity index (χ3n) is 6.11. The quantitative estimate of drug-likeness (QED) is 0.251. The highest BCUT2D eigenvalue weighted by Gasteiger charge is 2.48. The summed E-state index contributed by atoms with van der Waals surface area (Å²) in [6.07, 6.45) is 0. The van der Waals surface area contributed by atoms with Crippen molar-refractivity contribution in [3.05, 3.63) is 91.6 Å². The molecule has 4 rings (SSSR count). The van der Waals surface area contributed by atoms with Crippen LogP contribution in [0.15, 0.2) is 59.5 Å². The summed E-state index contributed by atoms with van der Waals surface area (Å²) in [6, 6.07) is 14.2. The van der Waals surface area contributed by atoms with Crippen molar-refractivity contribution in [3.63, 3.8) is 0 Å². The van der Waals surface area contributed by atoms with E-state index in [1.807, 2.05) is 49.6 Å². The molecule has 4 nitrogen and oxygen atoms in total. The van der Waals surface area contributed by atoms with E-state index in [-0.39, 0.29) is 16.7 Å². The van der Waals surface area contributed by atoms with Gasteiger partial charge in [-0.2, -0.15) is 0 Å². The van der Waals surface area contributed by atoms with Crippen LogP contribution in [0.4, 0.5) is 5.69 Å². The number of nitrogens with zero attached hydrogens (tertiary/aromatic N) is 1. The Morgan fingerprint density at radius 2 is 1.79 bits per heavy atom. The van der Waals surface area contributed by atoms with E-state index in [4.69, 9.17) is 11.6 Å². The highest BCUT2D eigenvalue weighted by atomic mass is 35.5. The summed E-state index contributed by atoms with van der Waals surface area (Å²) in [6.45, 7) is 9.98. The predicted molar refractivity (Wildman–Crippen MR) is 135 cm³/mol. The van der Waals surface area contributed by atoms with Crippen LogP contribution in [0, 0.1) is 13.8 Å². The number of benzene rings is 2. The lowest BCUT2D eigenvalue weighted by molar-refractivity contribution is -0.132. The van der Waals surface area contributed by atoms with E-state index in [1.54, 1.807) is 18.2 Å². The Morgan fingerprint density at radius 3 is 2.42 bits per heavy atom. The Kier molecular flexibility index (Phi) is 5.97. The lowest BCUT2D eigenvalue weighted by Crippen LogP contribution is -2.29. The van der Waals surface area contributed by atoms with Crippen molar-refractivity contribution >= 4 is 46.1 Å². The topological polar surface area (TPSA) is 57.6 Å². The minimum atomic E-state index is -0.736. The zero-order valence-electron chi connectivity index (χ0n) is 19.3.